The number of rotatable bonds is 2. The largest absolute Gasteiger partial charge is 0.371 e. The number of ether oxygens (including phenoxy) is 1. The Kier molecular flexibility index (Phi) is 1.58. The van der Waals surface area contributed by atoms with Crippen LogP contribution in [0.15, 0.2) is 18.3 Å². The molecule has 1 atom stereocenters. The predicted octanol–water partition coefficient (Wildman–Crippen LogP) is 1.14. The summed E-state index contributed by atoms with van der Waals surface area (Å²) >= 11 is 0. The van der Waals surface area contributed by atoms with Crippen LogP contribution in [0.4, 0.5) is 0 Å². The lowest BCUT2D eigenvalue weighted by Crippen LogP contribution is -2.06. The van der Waals surface area contributed by atoms with Crippen LogP contribution in [-0.4, -0.2) is 27.2 Å². The molecule has 1 aliphatic heterocycles. The molecule has 0 saturated carbocycles. The monoisotopic (exact) mass is 189 g/mol. The van der Waals surface area contributed by atoms with Crippen molar-refractivity contribution in [2.24, 2.45) is 0 Å². The molecule has 3 rings (SSSR count). The van der Waals surface area contributed by atoms with Gasteiger partial charge in [0, 0.05) is 6.20 Å². The van der Waals surface area contributed by atoms with Crippen LogP contribution in [0.3, 0.4) is 0 Å². The van der Waals surface area contributed by atoms with Crippen molar-refractivity contribution in [3.8, 4) is 0 Å². The third-order valence-corrected chi connectivity index (χ3v) is 2.48. The van der Waals surface area contributed by atoms with Gasteiger partial charge in [0.05, 0.1) is 19.3 Å². The third kappa shape index (κ3) is 1.19. The van der Waals surface area contributed by atoms with E-state index in [-0.39, 0.29) is 0 Å². The normalized spacial score (nSPS) is 20.2. The van der Waals surface area contributed by atoms with Crippen LogP contribution < -0.4 is 0 Å². The first-order valence-electron chi connectivity index (χ1n) is 4.74. The highest BCUT2D eigenvalue weighted by molar-refractivity contribution is 5.71. The molecule has 0 amide bonds. The van der Waals surface area contributed by atoms with Crippen molar-refractivity contribution in [1.29, 1.82) is 0 Å². The second-order valence-corrected chi connectivity index (χ2v) is 3.57. The first kappa shape index (κ1) is 7.94. The van der Waals surface area contributed by atoms with Crippen LogP contribution >= 0.6 is 0 Å². The maximum absolute atomic E-state index is 5.21. The van der Waals surface area contributed by atoms with Crippen molar-refractivity contribution >= 4 is 11.2 Å². The van der Waals surface area contributed by atoms with Gasteiger partial charge in [0.1, 0.15) is 11.3 Å². The zero-order valence-electron chi connectivity index (χ0n) is 7.97. The van der Waals surface area contributed by atoms with E-state index in [4.69, 9.17) is 4.74 Å². The highest BCUT2D eigenvalue weighted by Crippen LogP contribution is 2.18. The van der Waals surface area contributed by atoms with Gasteiger partial charge in [0.2, 0.25) is 0 Å². The molecule has 0 N–H and O–H groups in total. The molecule has 0 spiro atoms. The van der Waals surface area contributed by atoms with Gasteiger partial charge in [-0.15, -0.1) is 0 Å². The molecule has 4 heteroatoms. The standard InChI is InChI=1S/C10H11N3O/c1-7-12-9-3-2-4-11-10(9)13(7)5-8-6-14-8/h2-4,8H,5-6H2,1H3/t8-/m1/s1. The van der Waals surface area contributed by atoms with Gasteiger partial charge in [0.15, 0.2) is 5.65 Å². The number of aromatic nitrogens is 3. The Morgan fingerprint density at radius 1 is 1.64 bits per heavy atom. The second kappa shape index (κ2) is 2.78. The van der Waals surface area contributed by atoms with E-state index in [1.54, 1.807) is 6.20 Å². The number of hydrogen-bond donors (Lipinski definition) is 0. The average molecular weight is 189 g/mol. The lowest BCUT2D eigenvalue weighted by atomic mass is 10.4. The van der Waals surface area contributed by atoms with Crippen molar-refractivity contribution in [1.82, 2.24) is 14.5 Å². The Labute approximate surface area is 81.5 Å². The maximum Gasteiger partial charge on any atom is 0.160 e. The number of hydrogen-bond acceptors (Lipinski definition) is 3. The maximum atomic E-state index is 5.21. The molecule has 0 unspecified atom stereocenters. The van der Waals surface area contributed by atoms with E-state index in [1.807, 2.05) is 19.1 Å². The van der Waals surface area contributed by atoms with Gasteiger partial charge in [-0.1, -0.05) is 0 Å². The molecule has 1 aliphatic rings. The zero-order chi connectivity index (χ0) is 9.54. The van der Waals surface area contributed by atoms with Crippen LogP contribution in [-0.2, 0) is 11.3 Å². The van der Waals surface area contributed by atoms with Gasteiger partial charge in [0.25, 0.3) is 0 Å². The van der Waals surface area contributed by atoms with Gasteiger partial charge < -0.3 is 9.30 Å². The highest BCUT2D eigenvalue weighted by atomic mass is 16.6. The fourth-order valence-electron chi connectivity index (χ4n) is 1.67. The smallest absolute Gasteiger partial charge is 0.160 e. The van der Waals surface area contributed by atoms with Crippen LogP contribution in [0.1, 0.15) is 5.82 Å². The van der Waals surface area contributed by atoms with Crippen LogP contribution in [0, 0.1) is 6.92 Å². The molecule has 2 aromatic rings. The summed E-state index contributed by atoms with van der Waals surface area (Å²) in [7, 11) is 0. The molecule has 72 valence electrons. The quantitative estimate of drug-likeness (QED) is 0.665. The minimum absolute atomic E-state index is 0.369. The molecule has 0 radical (unpaired) electrons. The summed E-state index contributed by atoms with van der Waals surface area (Å²) in [5, 5.41) is 0. The third-order valence-electron chi connectivity index (χ3n) is 2.48. The van der Waals surface area contributed by atoms with Crippen molar-refractivity contribution < 1.29 is 4.74 Å². The van der Waals surface area contributed by atoms with E-state index in [9.17, 15) is 0 Å². The average Bonchev–Trinajstić information content (AvgIpc) is 2.93. The molecule has 0 bridgehead atoms. The Morgan fingerprint density at radius 2 is 2.50 bits per heavy atom. The molecule has 0 aliphatic carbocycles. The lowest BCUT2D eigenvalue weighted by molar-refractivity contribution is 0.383. The number of imidazole rings is 1. The Hall–Kier alpha value is -1.42. The molecule has 14 heavy (non-hydrogen) atoms. The van der Waals surface area contributed by atoms with Crippen LogP contribution in [0.2, 0.25) is 0 Å². The topological polar surface area (TPSA) is 43.2 Å². The fourth-order valence-corrected chi connectivity index (χ4v) is 1.67. The molecule has 1 fully saturated rings. The Morgan fingerprint density at radius 3 is 3.29 bits per heavy atom. The van der Waals surface area contributed by atoms with Gasteiger partial charge in [-0.3, -0.25) is 0 Å². The van der Waals surface area contributed by atoms with Gasteiger partial charge in [-0.25, -0.2) is 9.97 Å². The fraction of sp³-hybridized carbons (Fsp3) is 0.400. The van der Waals surface area contributed by atoms with E-state index < -0.39 is 0 Å². The minimum atomic E-state index is 0.369. The molecule has 0 aromatic carbocycles. The van der Waals surface area contributed by atoms with E-state index in [0.29, 0.717) is 6.10 Å². The van der Waals surface area contributed by atoms with Gasteiger partial charge in [-0.05, 0) is 19.1 Å². The lowest BCUT2D eigenvalue weighted by Gasteiger charge is -2.01. The summed E-state index contributed by atoms with van der Waals surface area (Å²) in [6, 6.07) is 3.90. The van der Waals surface area contributed by atoms with E-state index in [0.717, 1.165) is 30.1 Å². The van der Waals surface area contributed by atoms with Crippen LogP contribution in [0.25, 0.3) is 11.2 Å². The van der Waals surface area contributed by atoms with Crippen molar-refractivity contribution in [3.05, 3.63) is 24.2 Å². The SMILES string of the molecule is Cc1nc2cccnc2n1C[C@@H]1CO1. The number of aryl methyl sites for hydroxylation is 1. The highest BCUT2D eigenvalue weighted by Gasteiger charge is 2.24. The first-order valence-corrected chi connectivity index (χ1v) is 4.74. The predicted molar refractivity (Wildman–Crippen MR) is 52.0 cm³/mol. The Balaban J connectivity index is 2.13. The van der Waals surface area contributed by atoms with Gasteiger partial charge >= 0.3 is 0 Å². The summed E-state index contributed by atoms with van der Waals surface area (Å²) in [6.07, 6.45) is 2.17. The molecule has 4 nitrogen and oxygen atoms in total. The summed E-state index contributed by atoms with van der Waals surface area (Å²) in [6.45, 7) is 3.75. The number of epoxide rings is 1. The molecular weight excluding hydrogens is 178 g/mol. The summed E-state index contributed by atoms with van der Waals surface area (Å²) < 4.78 is 7.33. The Bertz CT molecular complexity index is 473. The molecule has 3 heterocycles. The number of fused-ring (bicyclic) bond motifs is 1. The van der Waals surface area contributed by atoms with Crippen molar-refractivity contribution in [2.45, 2.75) is 19.6 Å². The molecular formula is C10H11N3O. The van der Waals surface area contributed by atoms with Crippen molar-refractivity contribution in [3.63, 3.8) is 0 Å². The van der Waals surface area contributed by atoms with Gasteiger partial charge in [-0.2, -0.15) is 0 Å². The second-order valence-electron chi connectivity index (χ2n) is 3.57. The number of nitrogens with zero attached hydrogens (tertiary/aromatic N) is 3. The molecule has 2 aromatic heterocycles. The minimum Gasteiger partial charge on any atom is -0.371 e. The van der Waals surface area contributed by atoms with Crippen LogP contribution in [0.5, 0.6) is 0 Å². The van der Waals surface area contributed by atoms with E-state index in [1.165, 1.54) is 0 Å². The zero-order valence-corrected chi connectivity index (χ0v) is 7.97. The summed E-state index contributed by atoms with van der Waals surface area (Å²) in [4.78, 5) is 8.77. The molecule has 1 saturated heterocycles. The van der Waals surface area contributed by atoms with Crippen molar-refractivity contribution in [2.75, 3.05) is 6.61 Å². The summed E-state index contributed by atoms with van der Waals surface area (Å²) in [5.74, 6) is 1.01. The van der Waals surface area contributed by atoms with E-state index in [2.05, 4.69) is 14.5 Å². The first-order chi connectivity index (χ1) is 6.84. The number of pyridine rings is 1. The summed E-state index contributed by atoms with van der Waals surface area (Å²) in [5.41, 5.74) is 1.92. The van der Waals surface area contributed by atoms with E-state index >= 15 is 0 Å².